The van der Waals surface area contributed by atoms with Gasteiger partial charge in [-0.2, -0.15) is 0 Å². The molecule has 0 fully saturated rings. The van der Waals surface area contributed by atoms with Crippen molar-refractivity contribution in [1.29, 1.82) is 0 Å². The number of ketones is 2. The van der Waals surface area contributed by atoms with Crippen LogP contribution in [0.15, 0.2) is 82.2 Å². The number of halogens is 2. The number of allylic oxidation sites excluding steroid dienone is 2. The summed E-state index contributed by atoms with van der Waals surface area (Å²) in [4.78, 5) is 49.1. The van der Waals surface area contributed by atoms with Crippen molar-refractivity contribution in [3.8, 4) is 0 Å². The van der Waals surface area contributed by atoms with Gasteiger partial charge in [0, 0.05) is 0 Å². The van der Waals surface area contributed by atoms with Gasteiger partial charge < -0.3 is 9.47 Å². The largest absolute Gasteiger partial charge is 0.417 e. The first-order valence-corrected chi connectivity index (χ1v) is 8.59. The maximum atomic E-state index is 12.4. The maximum absolute atomic E-state index is 12.4. The third kappa shape index (κ3) is 3.88. The molecule has 0 saturated heterocycles. The van der Waals surface area contributed by atoms with Crippen LogP contribution in [0.1, 0.15) is 20.7 Å². The minimum Gasteiger partial charge on any atom is -0.417 e. The van der Waals surface area contributed by atoms with Crippen molar-refractivity contribution in [3.63, 3.8) is 0 Å². The van der Waals surface area contributed by atoms with Gasteiger partial charge in [0.25, 0.3) is 0 Å². The first-order chi connectivity index (χ1) is 13.4. The second-order valence-electron chi connectivity index (χ2n) is 5.46. The Bertz CT molecular complexity index is 953. The standard InChI is InChI=1S/C20H10Cl2O6/c21-13-16(24)18(28-20(26)12-9-5-2-6-10-12)14(22)15(23)17(13)27-19(25)11-7-3-1-4-8-11/h1-10H. The summed E-state index contributed by atoms with van der Waals surface area (Å²) in [5.74, 6) is -5.36. The Morgan fingerprint density at radius 1 is 0.607 bits per heavy atom. The Morgan fingerprint density at radius 2 is 0.929 bits per heavy atom. The molecule has 2 aromatic rings. The van der Waals surface area contributed by atoms with Crippen molar-refractivity contribution < 1.29 is 28.7 Å². The zero-order valence-corrected chi connectivity index (χ0v) is 15.5. The fourth-order valence-electron chi connectivity index (χ4n) is 2.24. The SMILES string of the molecule is O=C1C(Cl)=C(OC(=O)c2ccccc2)C(=O)C(Cl)=C1OC(=O)c1ccccc1. The third-order valence-electron chi connectivity index (χ3n) is 3.62. The Balaban J connectivity index is 1.84. The van der Waals surface area contributed by atoms with Crippen LogP contribution >= 0.6 is 23.2 Å². The lowest BCUT2D eigenvalue weighted by molar-refractivity contribution is -0.119. The van der Waals surface area contributed by atoms with Crippen LogP contribution < -0.4 is 0 Å². The van der Waals surface area contributed by atoms with E-state index in [0.29, 0.717) is 0 Å². The van der Waals surface area contributed by atoms with Gasteiger partial charge in [-0.25, -0.2) is 9.59 Å². The molecular formula is C20H10Cl2O6. The van der Waals surface area contributed by atoms with Crippen molar-refractivity contribution in [2.75, 3.05) is 0 Å². The van der Waals surface area contributed by atoms with Crippen LogP contribution in [0.3, 0.4) is 0 Å². The van der Waals surface area contributed by atoms with Crippen molar-refractivity contribution in [3.05, 3.63) is 93.4 Å². The minimum atomic E-state index is -1.05. The molecule has 0 unspecified atom stereocenters. The lowest BCUT2D eigenvalue weighted by Crippen LogP contribution is -2.26. The van der Waals surface area contributed by atoms with E-state index in [2.05, 4.69) is 0 Å². The van der Waals surface area contributed by atoms with Gasteiger partial charge in [0.05, 0.1) is 11.1 Å². The number of ether oxygens (including phenoxy) is 2. The maximum Gasteiger partial charge on any atom is 0.343 e. The summed E-state index contributed by atoms with van der Waals surface area (Å²) in [6.45, 7) is 0. The number of Topliss-reactive ketones (excluding diaryl/α,β-unsaturated/α-hetero) is 2. The molecule has 0 spiro atoms. The first-order valence-electron chi connectivity index (χ1n) is 7.83. The highest BCUT2D eigenvalue weighted by atomic mass is 35.5. The lowest BCUT2D eigenvalue weighted by atomic mass is 10.1. The molecule has 8 heteroatoms. The van der Waals surface area contributed by atoms with E-state index in [9.17, 15) is 19.2 Å². The number of rotatable bonds is 4. The number of hydrogen-bond acceptors (Lipinski definition) is 6. The van der Waals surface area contributed by atoms with Gasteiger partial charge in [-0.1, -0.05) is 59.6 Å². The Labute approximate surface area is 169 Å². The van der Waals surface area contributed by atoms with Crippen LogP contribution in [0, 0.1) is 0 Å². The van der Waals surface area contributed by atoms with Crippen LogP contribution in [0.4, 0.5) is 0 Å². The first kappa shape index (κ1) is 19.5. The average molecular weight is 417 g/mol. The van der Waals surface area contributed by atoms with Crippen LogP contribution in [0.25, 0.3) is 0 Å². The van der Waals surface area contributed by atoms with Gasteiger partial charge in [-0.15, -0.1) is 0 Å². The molecule has 2 aromatic carbocycles. The van der Waals surface area contributed by atoms with Crippen LogP contribution in [-0.2, 0) is 19.1 Å². The molecule has 0 aliphatic heterocycles. The topological polar surface area (TPSA) is 86.7 Å². The van der Waals surface area contributed by atoms with Crippen molar-refractivity contribution >= 4 is 46.7 Å². The van der Waals surface area contributed by atoms with E-state index in [-0.39, 0.29) is 11.1 Å². The molecule has 0 amide bonds. The van der Waals surface area contributed by atoms with Crippen LogP contribution in [-0.4, -0.2) is 23.5 Å². The van der Waals surface area contributed by atoms with Crippen LogP contribution in [0.2, 0.25) is 0 Å². The molecule has 1 aliphatic carbocycles. The Hall–Kier alpha value is -3.22. The summed E-state index contributed by atoms with van der Waals surface area (Å²) >= 11 is 11.8. The summed E-state index contributed by atoms with van der Waals surface area (Å²) in [5.41, 5.74) is 0.280. The minimum absolute atomic E-state index is 0.140. The van der Waals surface area contributed by atoms with Crippen molar-refractivity contribution in [1.82, 2.24) is 0 Å². The number of benzene rings is 2. The van der Waals surface area contributed by atoms with Gasteiger partial charge >= 0.3 is 11.9 Å². The summed E-state index contributed by atoms with van der Waals surface area (Å²) < 4.78 is 9.92. The van der Waals surface area contributed by atoms with Gasteiger partial charge in [0.15, 0.2) is 0 Å². The predicted octanol–water partition coefficient (Wildman–Crippen LogP) is 3.75. The lowest BCUT2D eigenvalue weighted by Gasteiger charge is -2.17. The average Bonchev–Trinajstić information content (AvgIpc) is 2.73. The molecule has 0 aromatic heterocycles. The van der Waals surface area contributed by atoms with E-state index in [1.54, 1.807) is 36.4 Å². The highest BCUT2D eigenvalue weighted by Crippen LogP contribution is 2.31. The van der Waals surface area contributed by atoms with Gasteiger partial charge in [0.2, 0.25) is 23.1 Å². The molecule has 28 heavy (non-hydrogen) atoms. The van der Waals surface area contributed by atoms with Crippen molar-refractivity contribution in [2.45, 2.75) is 0 Å². The third-order valence-corrected chi connectivity index (χ3v) is 4.30. The molecule has 0 atom stereocenters. The van der Waals surface area contributed by atoms with E-state index < -0.39 is 45.1 Å². The molecule has 3 rings (SSSR count). The second kappa shape index (κ2) is 8.21. The fraction of sp³-hybridized carbons (Fsp3) is 0. The molecule has 1 aliphatic rings. The van der Waals surface area contributed by atoms with E-state index >= 15 is 0 Å². The van der Waals surface area contributed by atoms with E-state index in [1.807, 2.05) is 0 Å². The molecule has 0 saturated carbocycles. The predicted molar refractivity (Wildman–Crippen MR) is 99.5 cm³/mol. The summed E-state index contributed by atoms with van der Waals surface area (Å²) in [6.07, 6.45) is 0. The quantitative estimate of drug-likeness (QED) is 0.556. The normalized spacial score (nSPS) is 14.2. The van der Waals surface area contributed by atoms with Crippen molar-refractivity contribution in [2.24, 2.45) is 0 Å². The van der Waals surface area contributed by atoms with Gasteiger partial charge in [-0.3, -0.25) is 9.59 Å². The van der Waals surface area contributed by atoms with Crippen LogP contribution in [0.5, 0.6) is 0 Å². The highest BCUT2D eigenvalue weighted by Gasteiger charge is 2.38. The summed E-state index contributed by atoms with van der Waals surface area (Å²) in [5, 5.41) is -1.43. The summed E-state index contributed by atoms with van der Waals surface area (Å²) in [7, 11) is 0. The number of esters is 2. The fourth-order valence-corrected chi connectivity index (χ4v) is 2.66. The molecule has 0 heterocycles. The molecular weight excluding hydrogens is 407 g/mol. The second-order valence-corrected chi connectivity index (χ2v) is 6.21. The Morgan fingerprint density at radius 3 is 1.25 bits per heavy atom. The highest BCUT2D eigenvalue weighted by molar-refractivity contribution is 6.55. The van der Waals surface area contributed by atoms with E-state index in [1.165, 1.54) is 24.3 Å². The molecule has 6 nitrogen and oxygen atoms in total. The summed E-state index contributed by atoms with van der Waals surface area (Å²) in [6, 6.07) is 15.6. The molecule has 0 N–H and O–H groups in total. The Kier molecular flexibility index (Phi) is 5.73. The monoisotopic (exact) mass is 416 g/mol. The zero-order chi connectivity index (χ0) is 20.3. The smallest absolute Gasteiger partial charge is 0.343 e. The zero-order valence-electron chi connectivity index (χ0n) is 14.0. The van der Waals surface area contributed by atoms with E-state index in [4.69, 9.17) is 32.7 Å². The number of carbonyl (C=O) groups is 4. The molecule has 0 radical (unpaired) electrons. The van der Waals surface area contributed by atoms with Gasteiger partial charge in [-0.05, 0) is 24.3 Å². The molecule has 140 valence electrons. The number of hydrogen-bond donors (Lipinski definition) is 0. The van der Waals surface area contributed by atoms with Gasteiger partial charge in [0.1, 0.15) is 10.1 Å². The number of carbonyl (C=O) groups excluding carboxylic acids is 4. The van der Waals surface area contributed by atoms with E-state index in [0.717, 1.165) is 0 Å². The molecule has 0 bridgehead atoms.